The van der Waals surface area contributed by atoms with Crippen molar-refractivity contribution >= 4 is 18.6 Å². The summed E-state index contributed by atoms with van der Waals surface area (Å²) in [5.41, 5.74) is 1.08. The second-order valence-corrected chi connectivity index (χ2v) is 9.18. The first-order valence-corrected chi connectivity index (χ1v) is 9.46. The number of esters is 1. The van der Waals surface area contributed by atoms with E-state index in [4.69, 9.17) is 18.6 Å². The van der Waals surface area contributed by atoms with E-state index in [9.17, 15) is 4.79 Å². The Labute approximate surface area is 166 Å². The van der Waals surface area contributed by atoms with Crippen LogP contribution in [0.2, 0.25) is 0 Å². The number of hydrogen-bond donors (Lipinski definition) is 0. The van der Waals surface area contributed by atoms with E-state index in [1.165, 1.54) is 0 Å². The van der Waals surface area contributed by atoms with E-state index in [1.54, 1.807) is 6.92 Å². The number of carbonyl (C=O) groups excluding carboxylic acids is 1. The number of carbonyl (C=O) groups is 1. The first kappa shape index (κ1) is 20.6. The van der Waals surface area contributed by atoms with Crippen molar-refractivity contribution in [1.82, 2.24) is 5.16 Å². The molecule has 0 bridgehead atoms. The Bertz CT molecular complexity index is 861. The summed E-state index contributed by atoms with van der Waals surface area (Å²) in [6.45, 7) is 15.3. The van der Waals surface area contributed by atoms with Gasteiger partial charge < -0.3 is 18.6 Å². The summed E-state index contributed by atoms with van der Waals surface area (Å²) in [5, 5.41) is 3.96. The topological polar surface area (TPSA) is 70.8 Å². The van der Waals surface area contributed by atoms with Crippen molar-refractivity contribution in [1.29, 1.82) is 0 Å². The summed E-state index contributed by atoms with van der Waals surface area (Å²) in [5.74, 6) is -0.0523. The van der Waals surface area contributed by atoms with Crippen LogP contribution in [-0.2, 0) is 14.0 Å². The zero-order chi connectivity index (χ0) is 20.9. The molecule has 0 unspecified atom stereocenters. The van der Waals surface area contributed by atoms with Gasteiger partial charge in [-0.25, -0.2) is 4.79 Å². The van der Waals surface area contributed by atoms with Gasteiger partial charge in [0.2, 0.25) is 0 Å². The molecule has 2 aromatic rings. The van der Waals surface area contributed by atoms with Crippen molar-refractivity contribution in [3.63, 3.8) is 0 Å². The quantitative estimate of drug-likeness (QED) is 0.590. The highest BCUT2D eigenvalue weighted by Gasteiger charge is 2.51. The minimum absolute atomic E-state index is 0.346. The number of aryl methyl sites for hydroxylation is 1. The maximum atomic E-state index is 12.6. The van der Waals surface area contributed by atoms with Gasteiger partial charge in [-0.05, 0) is 60.9 Å². The standard InChI is InChI=1S/C21H28BNO5/c1-13-16(18(24)25-19(2,3)4)17(26-23-13)14-9-11-15(12-10-14)22-27-20(5,6)21(7,8)28-22/h9-12H,1-8H3. The lowest BCUT2D eigenvalue weighted by Gasteiger charge is -2.32. The average Bonchev–Trinajstić information content (AvgIpc) is 3.03. The molecular weight excluding hydrogens is 357 g/mol. The zero-order valence-electron chi connectivity index (χ0n) is 17.9. The van der Waals surface area contributed by atoms with Crippen LogP contribution in [0.3, 0.4) is 0 Å². The summed E-state index contributed by atoms with van der Waals surface area (Å²) in [6.07, 6.45) is 0. The van der Waals surface area contributed by atoms with Crippen molar-refractivity contribution < 1.29 is 23.4 Å². The van der Waals surface area contributed by atoms with Gasteiger partial charge in [-0.3, -0.25) is 0 Å². The second-order valence-electron chi connectivity index (χ2n) is 9.18. The maximum absolute atomic E-state index is 12.6. The van der Waals surface area contributed by atoms with Crippen molar-refractivity contribution in [2.45, 2.75) is 72.2 Å². The predicted octanol–water partition coefficient (Wildman–Crippen LogP) is 3.90. The van der Waals surface area contributed by atoms with E-state index < -0.39 is 29.9 Å². The maximum Gasteiger partial charge on any atom is 0.494 e. The number of ether oxygens (including phenoxy) is 1. The third-order valence-corrected chi connectivity index (χ3v) is 5.16. The molecule has 150 valence electrons. The average molecular weight is 385 g/mol. The molecule has 1 aliphatic rings. The van der Waals surface area contributed by atoms with Crippen LogP contribution in [0.5, 0.6) is 0 Å². The van der Waals surface area contributed by atoms with E-state index in [2.05, 4.69) is 5.16 Å². The molecule has 7 heteroatoms. The molecule has 0 radical (unpaired) electrons. The molecule has 0 aliphatic carbocycles. The van der Waals surface area contributed by atoms with Gasteiger partial charge in [0.05, 0.1) is 16.9 Å². The molecule has 0 atom stereocenters. The van der Waals surface area contributed by atoms with Crippen LogP contribution >= 0.6 is 0 Å². The summed E-state index contributed by atoms with van der Waals surface area (Å²) in [4.78, 5) is 12.6. The predicted molar refractivity (Wildman–Crippen MR) is 108 cm³/mol. The molecule has 1 aliphatic heterocycles. The highest BCUT2D eigenvalue weighted by atomic mass is 16.7. The number of aromatic nitrogens is 1. The van der Waals surface area contributed by atoms with Gasteiger partial charge in [-0.2, -0.15) is 0 Å². The third-order valence-electron chi connectivity index (χ3n) is 5.16. The van der Waals surface area contributed by atoms with Gasteiger partial charge in [0.15, 0.2) is 5.76 Å². The Morgan fingerprint density at radius 2 is 1.57 bits per heavy atom. The number of benzene rings is 1. The fourth-order valence-corrected chi connectivity index (χ4v) is 2.91. The second kappa shape index (κ2) is 6.74. The Morgan fingerprint density at radius 3 is 2.07 bits per heavy atom. The SMILES string of the molecule is Cc1noc(-c2ccc(B3OC(C)(C)C(C)(C)O3)cc2)c1C(=O)OC(C)(C)C. The van der Waals surface area contributed by atoms with E-state index in [0.717, 1.165) is 11.0 Å². The first-order chi connectivity index (χ1) is 12.8. The summed E-state index contributed by atoms with van der Waals surface area (Å²) < 4.78 is 23.1. The van der Waals surface area contributed by atoms with Crippen LogP contribution in [0.15, 0.2) is 28.8 Å². The largest absolute Gasteiger partial charge is 0.494 e. The van der Waals surface area contributed by atoms with E-state index in [-0.39, 0.29) is 0 Å². The molecule has 1 fully saturated rings. The van der Waals surface area contributed by atoms with Crippen LogP contribution in [0.4, 0.5) is 0 Å². The van der Waals surface area contributed by atoms with Gasteiger partial charge in [-0.15, -0.1) is 0 Å². The Morgan fingerprint density at radius 1 is 1.04 bits per heavy atom. The number of rotatable bonds is 3. The van der Waals surface area contributed by atoms with Crippen LogP contribution in [0.25, 0.3) is 11.3 Å². The van der Waals surface area contributed by atoms with Crippen molar-refractivity contribution in [2.24, 2.45) is 0 Å². The van der Waals surface area contributed by atoms with Crippen LogP contribution < -0.4 is 5.46 Å². The lowest BCUT2D eigenvalue weighted by atomic mass is 9.78. The normalized spacial score (nSPS) is 18.4. The molecule has 0 N–H and O–H groups in total. The first-order valence-electron chi connectivity index (χ1n) is 9.46. The molecule has 1 saturated heterocycles. The number of hydrogen-bond acceptors (Lipinski definition) is 6. The fraction of sp³-hybridized carbons (Fsp3) is 0.524. The van der Waals surface area contributed by atoms with Gasteiger partial charge >= 0.3 is 13.1 Å². The molecule has 0 saturated carbocycles. The van der Waals surface area contributed by atoms with Gasteiger partial charge in [0.25, 0.3) is 0 Å². The van der Waals surface area contributed by atoms with Crippen LogP contribution in [0, 0.1) is 6.92 Å². The Kier molecular flexibility index (Phi) is 4.96. The zero-order valence-corrected chi connectivity index (χ0v) is 17.9. The van der Waals surface area contributed by atoms with E-state index >= 15 is 0 Å². The highest BCUT2D eigenvalue weighted by Crippen LogP contribution is 2.36. The van der Waals surface area contributed by atoms with Crippen molar-refractivity contribution in [2.75, 3.05) is 0 Å². The van der Waals surface area contributed by atoms with E-state index in [0.29, 0.717) is 17.0 Å². The molecule has 2 heterocycles. The van der Waals surface area contributed by atoms with Crippen molar-refractivity contribution in [3.05, 3.63) is 35.5 Å². The smallest absolute Gasteiger partial charge is 0.456 e. The summed E-state index contributed by atoms with van der Waals surface area (Å²) >= 11 is 0. The third kappa shape index (κ3) is 3.87. The Balaban J connectivity index is 1.87. The lowest BCUT2D eigenvalue weighted by Crippen LogP contribution is -2.41. The van der Waals surface area contributed by atoms with Crippen LogP contribution in [0.1, 0.15) is 64.5 Å². The fourth-order valence-electron chi connectivity index (χ4n) is 2.91. The number of nitrogens with zero attached hydrogens (tertiary/aromatic N) is 1. The van der Waals surface area contributed by atoms with E-state index in [1.807, 2.05) is 72.7 Å². The van der Waals surface area contributed by atoms with Gasteiger partial charge in [0.1, 0.15) is 11.2 Å². The lowest BCUT2D eigenvalue weighted by molar-refractivity contribution is 0.00578. The highest BCUT2D eigenvalue weighted by molar-refractivity contribution is 6.62. The van der Waals surface area contributed by atoms with Gasteiger partial charge in [0, 0.05) is 5.56 Å². The molecule has 3 rings (SSSR count). The Hall–Kier alpha value is -2.12. The van der Waals surface area contributed by atoms with Crippen LogP contribution in [-0.4, -0.2) is 35.0 Å². The summed E-state index contributed by atoms with van der Waals surface area (Å²) in [7, 11) is -0.444. The molecule has 0 spiro atoms. The molecule has 0 amide bonds. The minimum atomic E-state index is -0.599. The molecule has 28 heavy (non-hydrogen) atoms. The van der Waals surface area contributed by atoms with Crippen molar-refractivity contribution in [3.8, 4) is 11.3 Å². The molecule has 1 aromatic carbocycles. The minimum Gasteiger partial charge on any atom is -0.456 e. The molecule has 6 nitrogen and oxygen atoms in total. The summed E-state index contributed by atoms with van der Waals surface area (Å²) in [6, 6.07) is 7.56. The molecular formula is C21H28BNO5. The monoisotopic (exact) mass is 385 g/mol. The molecule has 1 aromatic heterocycles. The van der Waals surface area contributed by atoms with Gasteiger partial charge in [-0.1, -0.05) is 29.4 Å².